The van der Waals surface area contributed by atoms with E-state index in [9.17, 15) is 14.4 Å². The Labute approximate surface area is 175 Å². The van der Waals surface area contributed by atoms with Gasteiger partial charge in [-0.1, -0.05) is 42.0 Å². The van der Waals surface area contributed by atoms with Crippen molar-refractivity contribution >= 4 is 17.9 Å². The van der Waals surface area contributed by atoms with Crippen LogP contribution in [-0.2, 0) is 35.0 Å². The van der Waals surface area contributed by atoms with E-state index in [4.69, 9.17) is 14.2 Å². The zero-order valence-electron chi connectivity index (χ0n) is 17.1. The van der Waals surface area contributed by atoms with Gasteiger partial charge in [-0.2, -0.15) is 0 Å². The van der Waals surface area contributed by atoms with Gasteiger partial charge in [-0.25, -0.2) is 9.59 Å². The molecule has 4 rings (SSSR count). The van der Waals surface area contributed by atoms with Gasteiger partial charge >= 0.3 is 17.9 Å². The highest BCUT2D eigenvalue weighted by molar-refractivity contribution is 5.93. The van der Waals surface area contributed by atoms with Gasteiger partial charge in [0.15, 0.2) is 0 Å². The average Bonchev–Trinajstić information content (AvgIpc) is 3.14. The van der Waals surface area contributed by atoms with Crippen LogP contribution in [0.2, 0.25) is 0 Å². The number of hydrogen-bond acceptors (Lipinski definition) is 6. The lowest BCUT2D eigenvalue weighted by molar-refractivity contribution is -0.149. The quantitative estimate of drug-likeness (QED) is 0.331. The Balaban J connectivity index is 1.60. The monoisotopic (exact) mass is 408 g/mol. The summed E-state index contributed by atoms with van der Waals surface area (Å²) >= 11 is 0. The minimum absolute atomic E-state index is 0.123. The van der Waals surface area contributed by atoms with E-state index >= 15 is 0 Å². The summed E-state index contributed by atoms with van der Waals surface area (Å²) in [6.07, 6.45) is 2.74. The first-order valence-corrected chi connectivity index (χ1v) is 10.0. The van der Waals surface area contributed by atoms with Crippen molar-refractivity contribution in [1.82, 2.24) is 0 Å². The summed E-state index contributed by atoms with van der Waals surface area (Å²) in [5, 5.41) is 0. The van der Waals surface area contributed by atoms with E-state index in [1.807, 2.05) is 44.2 Å². The Morgan fingerprint density at radius 2 is 1.80 bits per heavy atom. The minimum Gasteiger partial charge on any atom is -0.458 e. The van der Waals surface area contributed by atoms with E-state index in [0.717, 1.165) is 16.7 Å². The second kappa shape index (κ2) is 7.94. The normalized spacial score (nSPS) is 29.9. The van der Waals surface area contributed by atoms with E-state index in [1.165, 1.54) is 0 Å². The third-order valence-corrected chi connectivity index (χ3v) is 5.71. The van der Waals surface area contributed by atoms with Crippen molar-refractivity contribution in [3.05, 3.63) is 70.8 Å². The molecule has 30 heavy (non-hydrogen) atoms. The molecule has 4 atom stereocenters. The molecule has 1 saturated heterocycles. The maximum atomic E-state index is 12.7. The van der Waals surface area contributed by atoms with Gasteiger partial charge in [0.05, 0.1) is 12.3 Å². The van der Waals surface area contributed by atoms with Crippen LogP contribution < -0.4 is 0 Å². The van der Waals surface area contributed by atoms with Gasteiger partial charge in [0, 0.05) is 24.0 Å². The number of fused-ring (bicyclic) bond motifs is 2. The average molecular weight is 408 g/mol. The maximum Gasteiger partial charge on any atom is 0.334 e. The van der Waals surface area contributed by atoms with Crippen molar-refractivity contribution in [3.8, 4) is 0 Å². The third kappa shape index (κ3) is 4.08. The summed E-state index contributed by atoms with van der Waals surface area (Å²) < 4.78 is 16.7. The molecule has 1 aliphatic carbocycles. The summed E-state index contributed by atoms with van der Waals surface area (Å²) in [5.74, 6) is -1.88. The highest BCUT2D eigenvalue weighted by atomic mass is 16.6. The lowest BCUT2D eigenvalue weighted by Gasteiger charge is -2.26. The van der Waals surface area contributed by atoms with Crippen molar-refractivity contribution in [2.75, 3.05) is 0 Å². The smallest absolute Gasteiger partial charge is 0.334 e. The molecular weight excluding hydrogens is 384 g/mol. The van der Waals surface area contributed by atoms with Crippen LogP contribution in [0.5, 0.6) is 0 Å². The van der Waals surface area contributed by atoms with Crippen LogP contribution in [-0.4, -0.2) is 36.2 Å². The standard InChI is InChI=1S/C24H24O6/c1-13-4-6-16(7-5-13)10-21(25)29-19-9-14(2)8-18-11-17(24(27)28-18)12-20-22(19)15(3)23(26)30-20/h4-7,9,11,18-20,22H,3,8,10,12H2,1-2H3/b14-9+/t18-,19?,20?,22+/m1/s1. The Bertz CT molecular complexity index is 968. The lowest BCUT2D eigenvalue weighted by atomic mass is 9.85. The summed E-state index contributed by atoms with van der Waals surface area (Å²) in [6.45, 7) is 7.74. The van der Waals surface area contributed by atoms with Crippen LogP contribution in [0.3, 0.4) is 0 Å². The first-order valence-electron chi connectivity index (χ1n) is 10.0. The fraction of sp³-hybridized carbons (Fsp3) is 0.375. The largest absolute Gasteiger partial charge is 0.458 e. The number of ether oxygens (including phenoxy) is 3. The van der Waals surface area contributed by atoms with Gasteiger partial charge in [0.1, 0.15) is 18.3 Å². The molecule has 0 N–H and O–H groups in total. The third-order valence-electron chi connectivity index (χ3n) is 5.71. The molecule has 0 aromatic heterocycles. The lowest BCUT2D eigenvalue weighted by Crippen LogP contribution is -2.33. The zero-order chi connectivity index (χ0) is 21.4. The highest BCUT2D eigenvalue weighted by Gasteiger charge is 2.46. The van der Waals surface area contributed by atoms with Crippen LogP contribution in [0.4, 0.5) is 0 Å². The van der Waals surface area contributed by atoms with Gasteiger partial charge in [-0.05, 0) is 31.6 Å². The molecule has 1 aromatic carbocycles. The van der Waals surface area contributed by atoms with Crippen molar-refractivity contribution in [2.45, 2.75) is 51.4 Å². The SMILES string of the molecule is C=C1C(=O)OC2CC3=C[C@@H](C/C(C)=C/C(OC(=O)Cc4ccc(C)cc4)[C@H]12)OC3=O. The molecule has 1 aromatic rings. The van der Waals surface area contributed by atoms with Crippen molar-refractivity contribution < 1.29 is 28.6 Å². The number of esters is 3. The molecule has 156 valence electrons. The number of aryl methyl sites for hydroxylation is 1. The number of hydrogen-bond donors (Lipinski definition) is 0. The van der Waals surface area contributed by atoms with E-state index in [-0.39, 0.29) is 24.5 Å². The van der Waals surface area contributed by atoms with Gasteiger partial charge in [-0.15, -0.1) is 0 Å². The fourth-order valence-electron chi connectivity index (χ4n) is 4.18. The van der Waals surface area contributed by atoms with Crippen LogP contribution in [0, 0.1) is 12.8 Å². The van der Waals surface area contributed by atoms with Crippen molar-refractivity contribution in [1.29, 1.82) is 0 Å². The molecule has 2 bridgehead atoms. The number of carbonyl (C=O) groups is 3. The summed E-state index contributed by atoms with van der Waals surface area (Å²) in [4.78, 5) is 37.1. The molecule has 0 radical (unpaired) electrons. The molecule has 1 fully saturated rings. The Kier molecular flexibility index (Phi) is 5.33. The maximum absolute atomic E-state index is 12.7. The highest BCUT2D eigenvalue weighted by Crippen LogP contribution is 2.38. The second-order valence-corrected chi connectivity index (χ2v) is 8.17. The van der Waals surface area contributed by atoms with E-state index in [1.54, 1.807) is 6.08 Å². The van der Waals surface area contributed by atoms with Gasteiger partial charge in [-0.3, -0.25) is 4.79 Å². The molecule has 2 heterocycles. The summed E-state index contributed by atoms with van der Waals surface area (Å²) in [6, 6.07) is 7.67. The van der Waals surface area contributed by atoms with Crippen LogP contribution in [0.1, 0.15) is 30.9 Å². The molecule has 0 saturated carbocycles. The Morgan fingerprint density at radius 1 is 1.07 bits per heavy atom. The number of rotatable bonds is 3. The van der Waals surface area contributed by atoms with E-state index in [2.05, 4.69) is 6.58 Å². The van der Waals surface area contributed by atoms with Gasteiger partial charge < -0.3 is 14.2 Å². The Hall–Kier alpha value is -3.15. The summed E-state index contributed by atoms with van der Waals surface area (Å²) in [7, 11) is 0. The number of carbonyl (C=O) groups excluding carboxylic acids is 3. The molecule has 0 amide bonds. The summed E-state index contributed by atoms with van der Waals surface area (Å²) in [5.41, 5.74) is 3.59. The topological polar surface area (TPSA) is 78.9 Å². The van der Waals surface area contributed by atoms with Crippen LogP contribution in [0.15, 0.2) is 59.7 Å². The molecule has 6 heteroatoms. The molecule has 3 aliphatic rings. The molecular formula is C24H24O6. The van der Waals surface area contributed by atoms with Crippen LogP contribution in [0.25, 0.3) is 0 Å². The van der Waals surface area contributed by atoms with Crippen molar-refractivity contribution in [3.63, 3.8) is 0 Å². The predicted octanol–water partition coefficient (Wildman–Crippen LogP) is 3.14. The van der Waals surface area contributed by atoms with Crippen molar-refractivity contribution in [2.24, 2.45) is 5.92 Å². The van der Waals surface area contributed by atoms with E-state index < -0.39 is 36.0 Å². The van der Waals surface area contributed by atoms with Gasteiger partial charge in [0.25, 0.3) is 0 Å². The first kappa shape index (κ1) is 20.1. The first-order chi connectivity index (χ1) is 14.3. The molecule has 2 unspecified atom stereocenters. The van der Waals surface area contributed by atoms with Crippen LogP contribution >= 0.6 is 0 Å². The number of benzene rings is 1. The molecule has 2 aliphatic heterocycles. The molecule has 6 nitrogen and oxygen atoms in total. The minimum atomic E-state index is -0.708. The zero-order valence-corrected chi connectivity index (χ0v) is 17.1. The predicted molar refractivity (Wildman–Crippen MR) is 108 cm³/mol. The Morgan fingerprint density at radius 3 is 2.53 bits per heavy atom. The molecule has 0 spiro atoms. The van der Waals surface area contributed by atoms with Gasteiger partial charge in [0.2, 0.25) is 0 Å². The second-order valence-electron chi connectivity index (χ2n) is 8.17. The van der Waals surface area contributed by atoms with E-state index in [0.29, 0.717) is 12.0 Å². The fourth-order valence-corrected chi connectivity index (χ4v) is 4.18.